The van der Waals surface area contributed by atoms with Crippen molar-refractivity contribution in [1.82, 2.24) is 20.0 Å². The fourth-order valence-corrected chi connectivity index (χ4v) is 3.36. The van der Waals surface area contributed by atoms with Gasteiger partial charge in [-0.25, -0.2) is 0 Å². The second-order valence-corrected chi connectivity index (χ2v) is 7.17. The molecule has 126 valence electrons. The summed E-state index contributed by atoms with van der Waals surface area (Å²) in [4.78, 5) is 25.8. The van der Waals surface area contributed by atoms with Crippen molar-refractivity contribution in [2.45, 2.75) is 59.0 Å². The molecule has 0 spiro atoms. The zero-order valence-electron chi connectivity index (χ0n) is 14.3. The zero-order chi connectivity index (χ0) is 16.6. The Morgan fingerprint density at radius 3 is 2.70 bits per heavy atom. The van der Waals surface area contributed by atoms with Crippen LogP contribution in [0.15, 0.2) is 6.07 Å². The third-order valence-electron chi connectivity index (χ3n) is 5.14. The number of carbonyl (C=O) groups excluding carboxylic acids is 2. The van der Waals surface area contributed by atoms with Gasteiger partial charge in [-0.3, -0.25) is 14.3 Å². The fourth-order valence-electron chi connectivity index (χ4n) is 3.36. The molecule has 2 aliphatic rings. The third kappa shape index (κ3) is 3.41. The standard InChI is InChI=1S/C17H26N4O2/c1-12-9-13(2)21(19-12)11-17(6-7-17)10-18-16(23)14(3)20-8-4-5-15(20)22/h9,14H,4-8,10-11H2,1-3H3,(H,18,23)/t14-/m0/s1. The summed E-state index contributed by atoms with van der Waals surface area (Å²) in [5, 5.41) is 7.58. The molecule has 0 radical (unpaired) electrons. The van der Waals surface area contributed by atoms with Gasteiger partial charge in [-0.05, 0) is 46.1 Å². The van der Waals surface area contributed by atoms with Crippen molar-refractivity contribution in [2.75, 3.05) is 13.1 Å². The number of aromatic nitrogens is 2. The normalized spacial score (nSPS) is 20.7. The summed E-state index contributed by atoms with van der Waals surface area (Å²) in [6.45, 7) is 8.10. The van der Waals surface area contributed by atoms with Gasteiger partial charge < -0.3 is 10.2 Å². The van der Waals surface area contributed by atoms with Crippen molar-refractivity contribution < 1.29 is 9.59 Å². The molecular formula is C17H26N4O2. The molecule has 0 aromatic carbocycles. The van der Waals surface area contributed by atoms with Crippen LogP contribution in [0.25, 0.3) is 0 Å². The first-order chi connectivity index (χ1) is 10.9. The highest BCUT2D eigenvalue weighted by Gasteiger charge is 2.44. The van der Waals surface area contributed by atoms with Crippen LogP contribution in [0.1, 0.15) is 44.0 Å². The maximum absolute atomic E-state index is 12.3. The van der Waals surface area contributed by atoms with Crippen molar-refractivity contribution in [3.63, 3.8) is 0 Å². The van der Waals surface area contributed by atoms with E-state index in [-0.39, 0.29) is 23.3 Å². The molecular weight excluding hydrogens is 292 g/mol. The van der Waals surface area contributed by atoms with Crippen molar-refractivity contribution in [3.05, 3.63) is 17.5 Å². The smallest absolute Gasteiger partial charge is 0.242 e. The van der Waals surface area contributed by atoms with E-state index in [1.807, 2.05) is 18.5 Å². The lowest BCUT2D eigenvalue weighted by molar-refractivity contribution is -0.136. The predicted molar refractivity (Wildman–Crippen MR) is 86.8 cm³/mol. The van der Waals surface area contributed by atoms with Crippen LogP contribution in [0.2, 0.25) is 0 Å². The van der Waals surface area contributed by atoms with E-state index in [1.54, 1.807) is 4.90 Å². The van der Waals surface area contributed by atoms with Gasteiger partial charge in [-0.2, -0.15) is 5.10 Å². The maximum Gasteiger partial charge on any atom is 0.242 e. The minimum absolute atomic E-state index is 0.0418. The summed E-state index contributed by atoms with van der Waals surface area (Å²) >= 11 is 0. The van der Waals surface area contributed by atoms with Crippen LogP contribution < -0.4 is 5.32 Å². The van der Waals surface area contributed by atoms with Gasteiger partial charge in [0, 0.05) is 37.2 Å². The molecule has 1 aromatic heterocycles. The van der Waals surface area contributed by atoms with Crippen molar-refractivity contribution >= 4 is 11.8 Å². The molecule has 1 atom stereocenters. The van der Waals surface area contributed by atoms with Crippen molar-refractivity contribution in [1.29, 1.82) is 0 Å². The van der Waals surface area contributed by atoms with Gasteiger partial charge in [-0.15, -0.1) is 0 Å². The Morgan fingerprint density at radius 1 is 1.43 bits per heavy atom. The Bertz CT molecular complexity index is 618. The average molecular weight is 318 g/mol. The number of carbonyl (C=O) groups is 2. The molecule has 2 heterocycles. The van der Waals surface area contributed by atoms with Crippen LogP contribution in [0.3, 0.4) is 0 Å². The number of amides is 2. The van der Waals surface area contributed by atoms with E-state index in [4.69, 9.17) is 0 Å². The Morgan fingerprint density at radius 2 is 2.17 bits per heavy atom. The molecule has 2 fully saturated rings. The summed E-state index contributed by atoms with van der Waals surface area (Å²) in [7, 11) is 0. The number of nitrogens with one attached hydrogen (secondary N) is 1. The summed E-state index contributed by atoms with van der Waals surface area (Å²) in [5.41, 5.74) is 2.33. The quantitative estimate of drug-likeness (QED) is 0.862. The number of rotatable bonds is 6. The van der Waals surface area contributed by atoms with Crippen LogP contribution in [-0.4, -0.2) is 45.6 Å². The van der Waals surface area contributed by atoms with E-state index in [0.29, 0.717) is 19.5 Å². The van der Waals surface area contributed by atoms with E-state index < -0.39 is 0 Å². The maximum atomic E-state index is 12.3. The molecule has 1 N–H and O–H groups in total. The van der Waals surface area contributed by atoms with E-state index in [0.717, 1.165) is 37.2 Å². The van der Waals surface area contributed by atoms with E-state index in [9.17, 15) is 9.59 Å². The number of hydrogen-bond donors (Lipinski definition) is 1. The monoisotopic (exact) mass is 318 g/mol. The molecule has 1 aromatic rings. The fraction of sp³-hybridized carbons (Fsp3) is 0.706. The van der Waals surface area contributed by atoms with Gasteiger partial charge in [0.15, 0.2) is 0 Å². The summed E-state index contributed by atoms with van der Waals surface area (Å²) in [5.74, 6) is 0.0521. The largest absolute Gasteiger partial charge is 0.354 e. The molecule has 23 heavy (non-hydrogen) atoms. The first-order valence-electron chi connectivity index (χ1n) is 8.48. The van der Waals surface area contributed by atoms with E-state index >= 15 is 0 Å². The molecule has 1 aliphatic heterocycles. The first-order valence-corrected chi connectivity index (χ1v) is 8.48. The first kappa shape index (κ1) is 16.0. The van der Waals surface area contributed by atoms with Gasteiger partial charge in [0.1, 0.15) is 6.04 Å². The number of hydrogen-bond acceptors (Lipinski definition) is 3. The minimum Gasteiger partial charge on any atom is -0.354 e. The van der Waals surface area contributed by atoms with Crippen LogP contribution in [0, 0.1) is 19.3 Å². The van der Waals surface area contributed by atoms with Gasteiger partial charge in [0.25, 0.3) is 0 Å². The van der Waals surface area contributed by atoms with Crippen LogP contribution in [0.4, 0.5) is 0 Å². The number of aryl methyl sites for hydroxylation is 2. The number of likely N-dealkylation sites (tertiary alicyclic amines) is 1. The highest BCUT2D eigenvalue weighted by atomic mass is 16.2. The summed E-state index contributed by atoms with van der Waals surface area (Å²) in [6.07, 6.45) is 3.66. The van der Waals surface area contributed by atoms with Crippen LogP contribution in [-0.2, 0) is 16.1 Å². The molecule has 3 rings (SSSR count). The highest BCUT2D eigenvalue weighted by molar-refractivity contribution is 5.88. The highest BCUT2D eigenvalue weighted by Crippen LogP contribution is 2.46. The number of nitrogens with zero attached hydrogens (tertiary/aromatic N) is 3. The molecule has 6 heteroatoms. The predicted octanol–water partition coefficient (Wildman–Crippen LogP) is 1.41. The van der Waals surface area contributed by atoms with Crippen molar-refractivity contribution in [3.8, 4) is 0 Å². The zero-order valence-corrected chi connectivity index (χ0v) is 14.3. The van der Waals surface area contributed by atoms with Gasteiger partial charge in [-0.1, -0.05) is 0 Å². The Kier molecular flexibility index (Phi) is 4.17. The van der Waals surface area contributed by atoms with Crippen LogP contribution in [0.5, 0.6) is 0 Å². The Labute approximate surface area is 137 Å². The van der Waals surface area contributed by atoms with Gasteiger partial charge in [0.05, 0.1) is 5.69 Å². The lowest BCUT2D eigenvalue weighted by Gasteiger charge is -2.25. The lowest BCUT2D eigenvalue weighted by Crippen LogP contribution is -2.47. The van der Waals surface area contributed by atoms with E-state index in [2.05, 4.69) is 23.4 Å². The third-order valence-corrected chi connectivity index (χ3v) is 5.14. The van der Waals surface area contributed by atoms with Gasteiger partial charge in [0.2, 0.25) is 11.8 Å². The summed E-state index contributed by atoms with van der Waals surface area (Å²) in [6, 6.07) is 1.71. The Balaban J connectivity index is 1.54. The molecule has 2 amide bonds. The van der Waals surface area contributed by atoms with Crippen LogP contribution >= 0.6 is 0 Å². The van der Waals surface area contributed by atoms with Crippen molar-refractivity contribution in [2.24, 2.45) is 5.41 Å². The average Bonchev–Trinajstić information content (AvgIpc) is 3.02. The Hall–Kier alpha value is -1.85. The lowest BCUT2D eigenvalue weighted by atomic mass is 10.1. The van der Waals surface area contributed by atoms with E-state index in [1.165, 1.54) is 0 Å². The van der Waals surface area contributed by atoms with Gasteiger partial charge >= 0.3 is 0 Å². The molecule has 1 saturated heterocycles. The topological polar surface area (TPSA) is 67.2 Å². The SMILES string of the molecule is Cc1cc(C)n(CC2(CNC(=O)[C@H](C)N3CCCC3=O)CC2)n1. The molecule has 0 bridgehead atoms. The second kappa shape index (κ2) is 5.98. The molecule has 0 unspecified atom stereocenters. The second-order valence-electron chi connectivity index (χ2n) is 7.17. The molecule has 1 aliphatic carbocycles. The molecule has 1 saturated carbocycles. The minimum atomic E-state index is -0.366. The molecule has 6 nitrogen and oxygen atoms in total. The summed E-state index contributed by atoms with van der Waals surface area (Å²) < 4.78 is 2.04.